The standard InChI is InChI=1S/C13H15FO/c1-13(14,11-6-4-7-11)12-8-3-2-5-10(12)9-15/h2-3,5,8-9,11H,4,6-7H2,1H3. The Morgan fingerprint density at radius 2 is 2.07 bits per heavy atom. The van der Waals surface area contributed by atoms with Gasteiger partial charge in [-0.05, 0) is 31.2 Å². The summed E-state index contributed by atoms with van der Waals surface area (Å²) in [7, 11) is 0. The Morgan fingerprint density at radius 3 is 2.60 bits per heavy atom. The molecule has 1 aromatic carbocycles. The van der Waals surface area contributed by atoms with Gasteiger partial charge in [0, 0.05) is 5.56 Å². The van der Waals surface area contributed by atoms with E-state index in [-0.39, 0.29) is 5.92 Å². The second kappa shape index (κ2) is 3.76. The zero-order chi connectivity index (χ0) is 10.9. The van der Waals surface area contributed by atoms with E-state index < -0.39 is 5.67 Å². The third-order valence-corrected chi connectivity index (χ3v) is 3.49. The van der Waals surface area contributed by atoms with Gasteiger partial charge in [0.25, 0.3) is 0 Å². The van der Waals surface area contributed by atoms with Crippen molar-refractivity contribution in [3.8, 4) is 0 Å². The van der Waals surface area contributed by atoms with E-state index in [9.17, 15) is 9.18 Å². The topological polar surface area (TPSA) is 17.1 Å². The zero-order valence-electron chi connectivity index (χ0n) is 8.87. The molecule has 0 bridgehead atoms. The van der Waals surface area contributed by atoms with Crippen molar-refractivity contribution in [3.63, 3.8) is 0 Å². The van der Waals surface area contributed by atoms with Gasteiger partial charge in [0.2, 0.25) is 0 Å². The maximum absolute atomic E-state index is 14.6. The summed E-state index contributed by atoms with van der Waals surface area (Å²) in [6, 6.07) is 6.96. The molecule has 0 saturated heterocycles. The van der Waals surface area contributed by atoms with Crippen molar-refractivity contribution in [2.75, 3.05) is 0 Å². The number of alkyl halides is 1. The molecule has 2 rings (SSSR count). The maximum atomic E-state index is 14.6. The molecular formula is C13H15FO. The van der Waals surface area contributed by atoms with Gasteiger partial charge in [-0.2, -0.15) is 0 Å². The van der Waals surface area contributed by atoms with Crippen LogP contribution in [0.1, 0.15) is 42.1 Å². The van der Waals surface area contributed by atoms with Crippen LogP contribution >= 0.6 is 0 Å². The van der Waals surface area contributed by atoms with Crippen LogP contribution in [0.5, 0.6) is 0 Å². The summed E-state index contributed by atoms with van der Waals surface area (Å²) < 4.78 is 14.6. The van der Waals surface area contributed by atoms with Gasteiger partial charge < -0.3 is 0 Å². The number of rotatable bonds is 3. The van der Waals surface area contributed by atoms with Crippen molar-refractivity contribution in [2.24, 2.45) is 5.92 Å². The first-order chi connectivity index (χ1) is 7.16. The van der Waals surface area contributed by atoms with E-state index in [1.165, 1.54) is 0 Å². The van der Waals surface area contributed by atoms with Gasteiger partial charge in [-0.1, -0.05) is 30.7 Å². The van der Waals surface area contributed by atoms with E-state index in [1.54, 1.807) is 31.2 Å². The van der Waals surface area contributed by atoms with Gasteiger partial charge in [-0.25, -0.2) is 4.39 Å². The van der Waals surface area contributed by atoms with Crippen molar-refractivity contribution in [3.05, 3.63) is 35.4 Å². The first-order valence-corrected chi connectivity index (χ1v) is 5.40. The largest absolute Gasteiger partial charge is 0.298 e. The van der Waals surface area contributed by atoms with Crippen molar-refractivity contribution in [1.82, 2.24) is 0 Å². The molecule has 1 atom stereocenters. The van der Waals surface area contributed by atoms with Gasteiger partial charge in [0.05, 0.1) is 0 Å². The molecule has 1 aromatic rings. The lowest BCUT2D eigenvalue weighted by atomic mass is 9.71. The van der Waals surface area contributed by atoms with Crippen molar-refractivity contribution >= 4 is 6.29 Å². The zero-order valence-corrected chi connectivity index (χ0v) is 8.87. The summed E-state index contributed by atoms with van der Waals surface area (Å²) in [6.07, 6.45) is 3.71. The number of aldehydes is 1. The lowest BCUT2D eigenvalue weighted by molar-refractivity contribution is 0.0455. The van der Waals surface area contributed by atoms with Crippen LogP contribution in [0.2, 0.25) is 0 Å². The lowest BCUT2D eigenvalue weighted by Gasteiger charge is -2.37. The lowest BCUT2D eigenvalue weighted by Crippen LogP contribution is -2.33. The van der Waals surface area contributed by atoms with Crippen molar-refractivity contribution < 1.29 is 9.18 Å². The summed E-state index contributed by atoms with van der Waals surface area (Å²) >= 11 is 0. The van der Waals surface area contributed by atoms with E-state index in [2.05, 4.69) is 0 Å². The molecular weight excluding hydrogens is 191 g/mol. The fourth-order valence-corrected chi connectivity index (χ4v) is 2.22. The smallest absolute Gasteiger partial charge is 0.150 e. The summed E-state index contributed by atoms with van der Waals surface area (Å²) in [4.78, 5) is 10.8. The Balaban J connectivity index is 2.38. The van der Waals surface area contributed by atoms with Crippen LogP contribution in [0.3, 0.4) is 0 Å². The summed E-state index contributed by atoms with van der Waals surface area (Å²) in [5, 5.41) is 0. The summed E-state index contributed by atoms with van der Waals surface area (Å²) in [6.45, 7) is 1.60. The molecule has 1 saturated carbocycles. The normalized spacial score (nSPS) is 20.4. The number of benzene rings is 1. The van der Waals surface area contributed by atoms with Crippen LogP contribution in [0.4, 0.5) is 4.39 Å². The first-order valence-electron chi connectivity index (χ1n) is 5.40. The predicted molar refractivity (Wildman–Crippen MR) is 57.6 cm³/mol. The Morgan fingerprint density at radius 1 is 1.40 bits per heavy atom. The van der Waals surface area contributed by atoms with E-state index in [4.69, 9.17) is 0 Å². The molecule has 1 unspecified atom stereocenters. The van der Waals surface area contributed by atoms with Gasteiger partial charge in [-0.15, -0.1) is 0 Å². The quantitative estimate of drug-likeness (QED) is 0.692. The second-order valence-corrected chi connectivity index (χ2v) is 4.41. The Hall–Kier alpha value is -1.18. The average Bonchev–Trinajstić information content (AvgIpc) is 2.14. The Kier molecular flexibility index (Phi) is 2.59. The van der Waals surface area contributed by atoms with Crippen LogP contribution in [0, 0.1) is 5.92 Å². The molecule has 0 N–H and O–H groups in total. The highest BCUT2D eigenvalue weighted by atomic mass is 19.1. The number of carbonyl (C=O) groups is 1. The molecule has 0 spiro atoms. The average molecular weight is 206 g/mol. The molecule has 1 nitrogen and oxygen atoms in total. The Labute approximate surface area is 89.3 Å². The fourth-order valence-electron chi connectivity index (χ4n) is 2.22. The minimum atomic E-state index is -1.35. The van der Waals surface area contributed by atoms with Crippen molar-refractivity contribution in [1.29, 1.82) is 0 Å². The molecule has 0 aliphatic heterocycles. The van der Waals surface area contributed by atoms with Crippen LogP contribution < -0.4 is 0 Å². The van der Waals surface area contributed by atoms with Gasteiger partial charge >= 0.3 is 0 Å². The predicted octanol–water partition coefficient (Wildman–Crippen LogP) is 3.48. The van der Waals surface area contributed by atoms with Crippen LogP contribution in [-0.2, 0) is 5.67 Å². The molecule has 1 aliphatic carbocycles. The van der Waals surface area contributed by atoms with E-state index in [0.717, 1.165) is 25.5 Å². The SMILES string of the molecule is CC(F)(c1ccccc1C=O)C1CCC1. The summed E-state index contributed by atoms with van der Waals surface area (Å²) in [5.41, 5.74) is -0.324. The summed E-state index contributed by atoms with van der Waals surface area (Å²) in [5.74, 6) is 0.0820. The number of carbonyl (C=O) groups excluding carboxylic acids is 1. The molecule has 0 amide bonds. The molecule has 0 radical (unpaired) electrons. The van der Waals surface area contributed by atoms with E-state index in [0.29, 0.717) is 11.1 Å². The van der Waals surface area contributed by atoms with Crippen LogP contribution in [0.25, 0.3) is 0 Å². The minimum absolute atomic E-state index is 0.0820. The fraction of sp³-hybridized carbons (Fsp3) is 0.462. The van der Waals surface area contributed by atoms with E-state index in [1.807, 2.05) is 0 Å². The molecule has 80 valence electrons. The van der Waals surface area contributed by atoms with Crippen molar-refractivity contribution in [2.45, 2.75) is 31.9 Å². The van der Waals surface area contributed by atoms with E-state index >= 15 is 0 Å². The molecule has 1 aliphatic rings. The molecule has 0 heterocycles. The minimum Gasteiger partial charge on any atom is -0.298 e. The number of halogens is 1. The third kappa shape index (κ3) is 1.69. The van der Waals surface area contributed by atoms with Gasteiger partial charge in [0.1, 0.15) is 12.0 Å². The molecule has 2 heteroatoms. The highest BCUT2D eigenvalue weighted by Crippen LogP contribution is 2.45. The molecule has 0 aromatic heterocycles. The number of hydrogen-bond acceptors (Lipinski definition) is 1. The van der Waals surface area contributed by atoms with Gasteiger partial charge in [0.15, 0.2) is 0 Å². The third-order valence-electron chi connectivity index (χ3n) is 3.49. The second-order valence-electron chi connectivity index (χ2n) is 4.41. The first kappa shape index (κ1) is 10.3. The molecule has 15 heavy (non-hydrogen) atoms. The Bertz CT molecular complexity index is 367. The number of hydrogen-bond donors (Lipinski definition) is 0. The monoisotopic (exact) mass is 206 g/mol. The highest BCUT2D eigenvalue weighted by Gasteiger charge is 2.40. The highest BCUT2D eigenvalue weighted by molar-refractivity contribution is 5.77. The maximum Gasteiger partial charge on any atom is 0.150 e. The molecule has 1 fully saturated rings. The van der Waals surface area contributed by atoms with Crippen LogP contribution in [-0.4, -0.2) is 6.29 Å². The van der Waals surface area contributed by atoms with Gasteiger partial charge in [-0.3, -0.25) is 4.79 Å². The van der Waals surface area contributed by atoms with Crippen LogP contribution in [0.15, 0.2) is 24.3 Å².